The molecule has 4 rings (SSSR count). The Morgan fingerprint density at radius 2 is 1.93 bits per heavy atom. The molecular formula is C23H24N4O2. The molecular weight excluding hydrogens is 364 g/mol. The molecule has 2 heterocycles. The molecule has 0 atom stereocenters. The van der Waals surface area contributed by atoms with E-state index in [0.29, 0.717) is 6.42 Å². The average molecular weight is 388 g/mol. The van der Waals surface area contributed by atoms with Gasteiger partial charge >= 0.3 is 0 Å². The number of fused-ring (bicyclic) bond motifs is 1. The van der Waals surface area contributed by atoms with E-state index < -0.39 is 5.91 Å². The summed E-state index contributed by atoms with van der Waals surface area (Å²) in [6.45, 7) is 2.84. The van der Waals surface area contributed by atoms with Crippen molar-refractivity contribution in [3.8, 4) is 5.69 Å². The predicted molar refractivity (Wildman–Crippen MR) is 113 cm³/mol. The fraction of sp³-hybridized carbons (Fsp3) is 0.217. The van der Waals surface area contributed by atoms with Gasteiger partial charge in [0.2, 0.25) is 0 Å². The van der Waals surface area contributed by atoms with E-state index in [0.717, 1.165) is 35.2 Å². The summed E-state index contributed by atoms with van der Waals surface area (Å²) in [6.07, 6.45) is 3.67. The van der Waals surface area contributed by atoms with E-state index in [2.05, 4.69) is 40.1 Å². The highest BCUT2D eigenvalue weighted by Gasteiger charge is 2.14. The lowest BCUT2D eigenvalue weighted by atomic mass is 10.1. The highest BCUT2D eigenvalue weighted by molar-refractivity contribution is 5.91. The molecule has 0 saturated heterocycles. The molecule has 0 fully saturated rings. The third-order valence-corrected chi connectivity index (χ3v) is 5.13. The van der Waals surface area contributed by atoms with Crippen LogP contribution in [0.1, 0.15) is 33.7 Å². The summed E-state index contributed by atoms with van der Waals surface area (Å²) in [7, 11) is 0. The number of aromatic nitrogens is 3. The molecule has 0 unspecified atom stereocenters. The van der Waals surface area contributed by atoms with Gasteiger partial charge in [-0.15, -0.1) is 0 Å². The minimum Gasteiger partial charge on any atom is -0.396 e. The van der Waals surface area contributed by atoms with Gasteiger partial charge in [-0.2, -0.15) is 5.10 Å². The molecule has 0 radical (unpaired) electrons. The summed E-state index contributed by atoms with van der Waals surface area (Å²) >= 11 is 0. The van der Waals surface area contributed by atoms with Gasteiger partial charge in [-0.1, -0.05) is 30.3 Å². The van der Waals surface area contributed by atoms with Gasteiger partial charge in [-0.05, 0) is 55.2 Å². The summed E-state index contributed by atoms with van der Waals surface area (Å²) in [5.41, 5.74) is 10.9. The molecule has 0 spiro atoms. The molecule has 6 heteroatoms. The van der Waals surface area contributed by atoms with E-state index in [-0.39, 0.29) is 12.3 Å². The van der Waals surface area contributed by atoms with Crippen LogP contribution >= 0.6 is 0 Å². The van der Waals surface area contributed by atoms with Gasteiger partial charge in [0.05, 0.1) is 5.69 Å². The molecule has 4 aromatic rings. The third kappa shape index (κ3) is 3.79. The number of rotatable bonds is 7. The minimum atomic E-state index is -0.537. The van der Waals surface area contributed by atoms with Crippen molar-refractivity contribution in [3.63, 3.8) is 0 Å². The monoisotopic (exact) mass is 388 g/mol. The van der Waals surface area contributed by atoms with Crippen molar-refractivity contribution in [1.29, 1.82) is 0 Å². The quantitative estimate of drug-likeness (QED) is 0.510. The van der Waals surface area contributed by atoms with Crippen LogP contribution in [0.25, 0.3) is 16.6 Å². The number of primary amides is 1. The number of aryl methyl sites for hydroxylation is 2. The first-order valence-electron chi connectivity index (χ1n) is 9.70. The summed E-state index contributed by atoms with van der Waals surface area (Å²) in [5, 5.41) is 14.8. The van der Waals surface area contributed by atoms with Gasteiger partial charge in [0.15, 0.2) is 5.69 Å². The fourth-order valence-electron chi connectivity index (χ4n) is 3.73. The number of aliphatic hydroxyl groups excluding tert-OH is 1. The Balaban J connectivity index is 1.79. The van der Waals surface area contributed by atoms with Gasteiger partial charge in [0, 0.05) is 35.9 Å². The maximum absolute atomic E-state index is 11.5. The molecule has 29 heavy (non-hydrogen) atoms. The first-order chi connectivity index (χ1) is 14.1. The molecule has 1 amide bonds. The van der Waals surface area contributed by atoms with Crippen molar-refractivity contribution in [1.82, 2.24) is 14.3 Å². The van der Waals surface area contributed by atoms with Crippen molar-refractivity contribution >= 4 is 16.8 Å². The number of nitrogens with two attached hydrogens (primary N) is 1. The molecule has 148 valence electrons. The lowest BCUT2D eigenvalue weighted by molar-refractivity contribution is 0.0995. The van der Waals surface area contributed by atoms with Gasteiger partial charge in [-0.3, -0.25) is 4.79 Å². The Kier molecular flexibility index (Phi) is 5.18. The van der Waals surface area contributed by atoms with Gasteiger partial charge in [-0.25, -0.2) is 4.68 Å². The Morgan fingerprint density at radius 1 is 1.14 bits per heavy atom. The van der Waals surface area contributed by atoms with Crippen LogP contribution in [0.15, 0.2) is 60.8 Å². The summed E-state index contributed by atoms with van der Waals surface area (Å²) < 4.78 is 3.98. The standard InChI is InChI=1S/C23H24N4O2/c1-16-12-21(23(24)29)25-27(16)19-9-10-22-20(13-19)18(8-5-11-28)15-26(22)14-17-6-3-2-4-7-17/h2-4,6-7,9-10,12-13,15,28H,5,8,11,14H2,1H3,(H2,24,29). The molecule has 0 aliphatic rings. The average Bonchev–Trinajstić information content (AvgIpc) is 3.28. The number of hydrogen-bond acceptors (Lipinski definition) is 3. The predicted octanol–water partition coefficient (Wildman–Crippen LogP) is 3.21. The zero-order valence-electron chi connectivity index (χ0n) is 16.4. The molecule has 3 N–H and O–H groups in total. The van der Waals surface area contributed by atoms with Crippen LogP contribution in [0.4, 0.5) is 0 Å². The van der Waals surface area contributed by atoms with Crippen LogP contribution in [0, 0.1) is 6.92 Å². The maximum atomic E-state index is 11.5. The lowest BCUT2D eigenvalue weighted by Gasteiger charge is -2.08. The highest BCUT2D eigenvalue weighted by atomic mass is 16.2. The first-order valence-corrected chi connectivity index (χ1v) is 9.70. The summed E-state index contributed by atoms with van der Waals surface area (Å²) in [5.74, 6) is -0.537. The van der Waals surface area contributed by atoms with E-state index in [1.807, 2.05) is 31.2 Å². The van der Waals surface area contributed by atoms with Gasteiger partial charge in [0.25, 0.3) is 5.91 Å². The molecule has 0 bridgehead atoms. The van der Waals surface area contributed by atoms with E-state index in [1.165, 1.54) is 11.1 Å². The molecule has 0 aliphatic heterocycles. The Bertz CT molecular complexity index is 1160. The van der Waals surface area contributed by atoms with E-state index in [9.17, 15) is 9.90 Å². The number of aliphatic hydroxyl groups is 1. The minimum absolute atomic E-state index is 0.158. The molecule has 6 nitrogen and oxygen atoms in total. The summed E-state index contributed by atoms with van der Waals surface area (Å²) in [4.78, 5) is 11.5. The van der Waals surface area contributed by atoms with Crippen LogP contribution in [0.5, 0.6) is 0 Å². The molecule has 0 aliphatic carbocycles. The highest BCUT2D eigenvalue weighted by Crippen LogP contribution is 2.27. The number of hydrogen-bond donors (Lipinski definition) is 2. The molecule has 2 aromatic heterocycles. The van der Waals surface area contributed by atoms with Crippen LogP contribution in [-0.4, -0.2) is 32.0 Å². The Labute approximate surface area is 169 Å². The largest absolute Gasteiger partial charge is 0.396 e. The smallest absolute Gasteiger partial charge is 0.269 e. The second kappa shape index (κ2) is 7.93. The number of amides is 1. The third-order valence-electron chi connectivity index (χ3n) is 5.13. The fourth-order valence-corrected chi connectivity index (χ4v) is 3.73. The second-order valence-corrected chi connectivity index (χ2v) is 7.24. The van der Waals surface area contributed by atoms with Gasteiger partial charge in [0.1, 0.15) is 0 Å². The van der Waals surface area contributed by atoms with Crippen LogP contribution in [0.2, 0.25) is 0 Å². The lowest BCUT2D eigenvalue weighted by Crippen LogP contribution is -2.12. The number of nitrogens with zero attached hydrogens (tertiary/aromatic N) is 3. The van der Waals surface area contributed by atoms with E-state index in [1.54, 1.807) is 10.7 Å². The van der Waals surface area contributed by atoms with E-state index >= 15 is 0 Å². The first kappa shape index (κ1) is 19.0. The maximum Gasteiger partial charge on any atom is 0.269 e. The van der Waals surface area contributed by atoms with Crippen LogP contribution in [0.3, 0.4) is 0 Å². The van der Waals surface area contributed by atoms with E-state index in [4.69, 9.17) is 5.73 Å². The number of carbonyl (C=O) groups is 1. The topological polar surface area (TPSA) is 86.1 Å². The zero-order chi connectivity index (χ0) is 20.4. The van der Waals surface area contributed by atoms with Crippen molar-refractivity contribution in [2.75, 3.05) is 6.61 Å². The van der Waals surface area contributed by atoms with Gasteiger partial charge < -0.3 is 15.4 Å². The Morgan fingerprint density at radius 3 is 2.62 bits per heavy atom. The summed E-state index contributed by atoms with van der Waals surface area (Å²) in [6, 6.07) is 18.2. The number of benzene rings is 2. The number of carbonyl (C=O) groups excluding carboxylic acids is 1. The van der Waals surface area contributed by atoms with Crippen molar-refractivity contribution in [3.05, 3.63) is 83.3 Å². The van der Waals surface area contributed by atoms with Crippen LogP contribution in [-0.2, 0) is 13.0 Å². The van der Waals surface area contributed by atoms with Crippen molar-refractivity contribution in [2.24, 2.45) is 5.73 Å². The van der Waals surface area contributed by atoms with Crippen molar-refractivity contribution < 1.29 is 9.90 Å². The van der Waals surface area contributed by atoms with Crippen LogP contribution < -0.4 is 5.73 Å². The molecule has 2 aromatic carbocycles. The normalized spacial score (nSPS) is 11.2. The zero-order valence-corrected chi connectivity index (χ0v) is 16.4. The SMILES string of the molecule is Cc1cc(C(N)=O)nn1-c1ccc2c(c1)c(CCCO)cn2Cc1ccccc1. The Hall–Kier alpha value is -3.38. The van der Waals surface area contributed by atoms with Crippen molar-refractivity contribution in [2.45, 2.75) is 26.3 Å². The second-order valence-electron chi connectivity index (χ2n) is 7.24. The molecule has 0 saturated carbocycles.